The van der Waals surface area contributed by atoms with E-state index in [1.54, 1.807) is 24.8 Å². The lowest BCUT2D eigenvalue weighted by Crippen LogP contribution is -2.35. The minimum absolute atomic E-state index is 0.0683. The number of hydrogen-bond acceptors (Lipinski definition) is 5. The van der Waals surface area contributed by atoms with E-state index in [4.69, 9.17) is 0 Å². The maximum atomic E-state index is 12.9. The molecule has 2 aromatic heterocycles. The van der Waals surface area contributed by atoms with Gasteiger partial charge in [-0.05, 0) is 36.6 Å². The summed E-state index contributed by atoms with van der Waals surface area (Å²) in [6.07, 6.45) is 7.55. The van der Waals surface area contributed by atoms with Crippen molar-refractivity contribution >= 4 is 17.5 Å². The van der Waals surface area contributed by atoms with Crippen LogP contribution in [0.25, 0.3) is 0 Å². The number of carbonyl (C=O) groups is 1. The summed E-state index contributed by atoms with van der Waals surface area (Å²) < 4.78 is 0. The molecule has 0 bridgehead atoms. The molecule has 1 N–H and O–H groups in total. The van der Waals surface area contributed by atoms with E-state index in [2.05, 4.69) is 33.3 Å². The third kappa shape index (κ3) is 3.13. The van der Waals surface area contributed by atoms with Gasteiger partial charge >= 0.3 is 0 Å². The fourth-order valence-electron chi connectivity index (χ4n) is 3.23. The monoisotopic (exact) mass is 345 g/mol. The van der Waals surface area contributed by atoms with Crippen molar-refractivity contribution in [2.45, 2.75) is 25.9 Å². The van der Waals surface area contributed by atoms with Gasteiger partial charge in [-0.3, -0.25) is 9.78 Å². The normalized spacial score (nSPS) is 15.6. The molecule has 1 unspecified atom stereocenters. The number of para-hydroxylation sites is 1. The number of pyridine rings is 1. The Balaban J connectivity index is 1.47. The molecule has 1 aromatic carbocycles. The Bertz CT molecular complexity index is 911. The van der Waals surface area contributed by atoms with Gasteiger partial charge in [0.05, 0.1) is 5.56 Å². The zero-order valence-corrected chi connectivity index (χ0v) is 14.5. The quantitative estimate of drug-likeness (QED) is 0.787. The predicted octanol–water partition coefficient (Wildman–Crippen LogP) is 3.08. The summed E-state index contributed by atoms with van der Waals surface area (Å²) in [5.74, 6) is 0.418. The Morgan fingerprint density at radius 3 is 2.73 bits per heavy atom. The van der Waals surface area contributed by atoms with Gasteiger partial charge in [0.2, 0.25) is 5.95 Å². The molecule has 0 aliphatic carbocycles. The summed E-state index contributed by atoms with van der Waals surface area (Å²) in [6.45, 7) is 2.64. The molecule has 1 amide bonds. The van der Waals surface area contributed by atoms with Gasteiger partial charge < -0.3 is 10.2 Å². The number of benzene rings is 1. The molecule has 0 spiro atoms. The molecule has 130 valence electrons. The van der Waals surface area contributed by atoms with Crippen LogP contribution in [0.3, 0.4) is 0 Å². The number of hydrogen-bond donors (Lipinski definition) is 1. The lowest BCUT2D eigenvalue weighted by atomic mass is 10.1. The number of carbonyl (C=O) groups excluding carboxylic acids is 1. The van der Waals surface area contributed by atoms with Crippen molar-refractivity contribution in [3.8, 4) is 0 Å². The highest BCUT2D eigenvalue weighted by molar-refractivity contribution is 6.07. The Morgan fingerprint density at radius 2 is 1.96 bits per heavy atom. The summed E-state index contributed by atoms with van der Waals surface area (Å²) in [5, 5.41) is 3.13. The van der Waals surface area contributed by atoms with Crippen LogP contribution < -0.4 is 10.2 Å². The third-order valence-corrected chi connectivity index (χ3v) is 4.50. The molecule has 0 saturated heterocycles. The van der Waals surface area contributed by atoms with Crippen molar-refractivity contribution in [1.82, 2.24) is 15.0 Å². The molecule has 3 aromatic rings. The van der Waals surface area contributed by atoms with Crippen LogP contribution in [0.15, 0.2) is 61.2 Å². The maximum absolute atomic E-state index is 12.9. The Morgan fingerprint density at radius 1 is 1.15 bits per heavy atom. The number of amides is 1. The molecule has 4 rings (SSSR count). The largest absolute Gasteiger partial charge is 0.350 e. The standard InChI is InChI=1S/C20H19N5O/c1-14-9-16-6-2-3-7-18(16)25(14)19(26)17-12-23-20(24-13-17)22-11-15-5-4-8-21-10-15/h2-8,10,12-14H,9,11H2,1H3,(H,22,23,24). The Labute approximate surface area is 151 Å². The fourth-order valence-corrected chi connectivity index (χ4v) is 3.23. The number of anilines is 2. The van der Waals surface area contributed by atoms with Gasteiger partial charge in [0.1, 0.15) is 0 Å². The van der Waals surface area contributed by atoms with Crippen molar-refractivity contribution in [3.05, 3.63) is 77.9 Å². The van der Waals surface area contributed by atoms with Crippen LogP contribution in [0.5, 0.6) is 0 Å². The van der Waals surface area contributed by atoms with E-state index in [9.17, 15) is 4.79 Å². The first-order valence-electron chi connectivity index (χ1n) is 8.58. The highest BCUT2D eigenvalue weighted by atomic mass is 16.2. The average molecular weight is 345 g/mol. The van der Waals surface area contributed by atoms with E-state index < -0.39 is 0 Å². The topological polar surface area (TPSA) is 71.0 Å². The van der Waals surface area contributed by atoms with E-state index >= 15 is 0 Å². The van der Waals surface area contributed by atoms with Crippen molar-refractivity contribution in [3.63, 3.8) is 0 Å². The first kappa shape index (κ1) is 16.2. The van der Waals surface area contributed by atoms with Crippen molar-refractivity contribution in [2.75, 3.05) is 10.2 Å². The second-order valence-corrected chi connectivity index (χ2v) is 6.37. The van der Waals surface area contributed by atoms with Crippen LogP contribution in [0, 0.1) is 0 Å². The zero-order chi connectivity index (χ0) is 17.9. The van der Waals surface area contributed by atoms with Crippen molar-refractivity contribution < 1.29 is 4.79 Å². The maximum Gasteiger partial charge on any atom is 0.261 e. The second kappa shape index (κ2) is 6.92. The summed E-state index contributed by atoms with van der Waals surface area (Å²) in [6, 6.07) is 12.0. The van der Waals surface area contributed by atoms with Crippen LogP contribution in [-0.2, 0) is 13.0 Å². The predicted molar refractivity (Wildman–Crippen MR) is 100 cm³/mol. The molecule has 6 nitrogen and oxygen atoms in total. The first-order chi connectivity index (χ1) is 12.7. The van der Waals surface area contributed by atoms with E-state index in [1.807, 2.05) is 35.2 Å². The zero-order valence-electron chi connectivity index (χ0n) is 14.5. The van der Waals surface area contributed by atoms with Gasteiger partial charge in [-0.15, -0.1) is 0 Å². The molecule has 3 heterocycles. The van der Waals surface area contributed by atoms with Gasteiger partial charge in [0.25, 0.3) is 5.91 Å². The van der Waals surface area contributed by atoms with E-state index in [1.165, 1.54) is 5.56 Å². The van der Waals surface area contributed by atoms with Gasteiger partial charge in [-0.25, -0.2) is 9.97 Å². The van der Waals surface area contributed by atoms with Crippen LogP contribution in [0.1, 0.15) is 28.4 Å². The third-order valence-electron chi connectivity index (χ3n) is 4.50. The molecule has 26 heavy (non-hydrogen) atoms. The number of aromatic nitrogens is 3. The summed E-state index contributed by atoms with van der Waals surface area (Å²) in [7, 11) is 0. The Kier molecular flexibility index (Phi) is 4.31. The van der Waals surface area contributed by atoms with Crippen LogP contribution >= 0.6 is 0 Å². The lowest BCUT2D eigenvalue weighted by molar-refractivity contribution is 0.0981. The molecule has 1 aliphatic rings. The summed E-state index contributed by atoms with van der Waals surface area (Å²) in [5.41, 5.74) is 3.70. The number of fused-ring (bicyclic) bond motifs is 1. The summed E-state index contributed by atoms with van der Waals surface area (Å²) >= 11 is 0. The molecule has 6 heteroatoms. The molecular formula is C20H19N5O. The van der Waals surface area contributed by atoms with Gasteiger partial charge in [0, 0.05) is 43.1 Å². The van der Waals surface area contributed by atoms with E-state index in [0.29, 0.717) is 18.1 Å². The summed E-state index contributed by atoms with van der Waals surface area (Å²) in [4.78, 5) is 27.4. The fraction of sp³-hybridized carbons (Fsp3) is 0.200. The van der Waals surface area contributed by atoms with Gasteiger partial charge in [0.15, 0.2) is 0 Å². The van der Waals surface area contributed by atoms with Gasteiger partial charge in [-0.2, -0.15) is 0 Å². The van der Waals surface area contributed by atoms with E-state index in [0.717, 1.165) is 17.7 Å². The smallest absolute Gasteiger partial charge is 0.261 e. The van der Waals surface area contributed by atoms with Crippen LogP contribution in [0.2, 0.25) is 0 Å². The van der Waals surface area contributed by atoms with Crippen LogP contribution in [0.4, 0.5) is 11.6 Å². The molecule has 0 fully saturated rings. The second-order valence-electron chi connectivity index (χ2n) is 6.37. The lowest BCUT2D eigenvalue weighted by Gasteiger charge is -2.22. The van der Waals surface area contributed by atoms with Crippen LogP contribution in [-0.4, -0.2) is 26.9 Å². The van der Waals surface area contributed by atoms with E-state index in [-0.39, 0.29) is 11.9 Å². The first-order valence-corrected chi connectivity index (χ1v) is 8.58. The molecule has 0 saturated carbocycles. The minimum Gasteiger partial charge on any atom is -0.350 e. The number of nitrogens with zero attached hydrogens (tertiary/aromatic N) is 4. The van der Waals surface area contributed by atoms with Crippen molar-refractivity contribution in [2.24, 2.45) is 0 Å². The van der Waals surface area contributed by atoms with Gasteiger partial charge in [-0.1, -0.05) is 24.3 Å². The van der Waals surface area contributed by atoms with Crippen molar-refractivity contribution in [1.29, 1.82) is 0 Å². The number of rotatable bonds is 4. The average Bonchev–Trinajstić information content (AvgIpc) is 3.03. The highest BCUT2D eigenvalue weighted by Gasteiger charge is 2.31. The Hall–Kier alpha value is -3.28. The SMILES string of the molecule is CC1Cc2ccccc2N1C(=O)c1cnc(NCc2cccnc2)nc1. The molecule has 1 atom stereocenters. The molecule has 0 radical (unpaired) electrons. The number of nitrogens with one attached hydrogen (secondary N) is 1. The molecular weight excluding hydrogens is 326 g/mol. The molecule has 1 aliphatic heterocycles. The highest BCUT2D eigenvalue weighted by Crippen LogP contribution is 2.32. The minimum atomic E-state index is -0.0683.